The fraction of sp³-hybridized carbons (Fsp3) is 0.212. The third-order valence-electron chi connectivity index (χ3n) is 12.3. The highest BCUT2D eigenvalue weighted by Crippen LogP contribution is 2.53. The van der Waals surface area contributed by atoms with Crippen LogP contribution in [0.25, 0.3) is 55.8 Å². The molecule has 0 aliphatic heterocycles. The molecule has 1 aromatic heterocycles. The van der Waals surface area contributed by atoms with Crippen LogP contribution in [0.5, 0.6) is 0 Å². The van der Waals surface area contributed by atoms with Gasteiger partial charge in [-0.2, -0.15) is 0 Å². The second-order valence-corrected chi connectivity index (χ2v) is 16.2. The van der Waals surface area contributed by atoms with Crippen LogP contribution in [0.3, 0.4) is 0 Å². The molecule has 2 heteroatoms. The first kappa shape index (κ1) is 34.1. The fourth-order valence-electron chi connectivity index (χ4n) is 9.26. The quantitative estimate of drug-likeness (QED) is 0.154. The predicted octanol–water partition coefficient (Wildman–Crippen LogP) is 13.4. The highest BCUT2D eigenvalue weighted by molar-refractivity contribution is 6.14. The Balaban J connectivity index is 1.23. The van der Waals surface area contributed by atoms with Crippen molar-refractivity contribution in [3.63, 3.8) is 0 Å². The number of hydrogen-bond donors (Lipinski definition) is 0. The van der Waals surface area contributed by atoms with Gasteiger partial charge in [-0.1, -0.05) is 124 Å². The monoisotopic (exact) mass is 700 g/mol. The summed E-state index contributed by atoms with van der Waals surface area (Å²) in [5.74, 6) is 0.600. The van der Waals surface area contributed by atoms with Gasteiger partial charge in [-0.25, -0.2) is 0 Å². The lowest BCUT2D eigenvalue weighted by molar-refractivity contribution is 0.660. The molecule has 3 aliphatic rings. The number of fused-ring (bicyclic) bond motifs is 7. The van der Waals surface area contributed by atoms with E-state index in [0.717, 1.165) is 18.6 Å². The Hall–Kier alpha value is -5.73. The van der Waals surface area contributed by atoms with Crippen molar-refractivity contribution < 1.29 is 0 Å². The Morgan fingerprint density at radius 3 is 2.41 bits per heavy atom. The molecule has 2 nitrogen and oxygen atoms in total. The lowest BCUT2D eigenvalue weighted by atomic mass is 9.81. The zero-order chi connectivity index (χ0) is 37.3. The van der Waals surface area contributed by atoms with Gasteiger partial charge >= 0.3 is 0 Å². The molecule has 6 aromatic rings. The Kier molecular flexibility index (Phi) is 8.19. The van der Waals surface area contributed by atoms with Gasteiger partial charge in [0, 0.05) is 39.2 Å². The summed E-state index contributed by atoms with van der Waals surface area (Å²) in [6.45, 7) is 18.6. The van der Waals surface area contributed by atoms with Gasteiger partial charge in [0.05, 0.1) is 17.6 Å². The molecular formula is C52H48N2. The van der Waals surface area contributed by atoms with Gasteiger partial charge < -0.3 is 4.57 Å². The lowest BCUT2D eigenvalue weighted by Gasteiger charge is -2.23. The van der Waals surface area contributed by atoms with E-state index in [2.05, 4.69) is 174 Å². The molecule has 0 N–H and O–H groups in total. The second-order valence-electron chi connectivity index (χ2n) is 16.2. The summed E-state index contributed by atoms with van der Waals surface area (Å²) in [4.78, 5) is 5.16. The topological polar surface area (TPSA) is 17.3 Å². The smallest absolute Gasteiger partial charge is 0.0639 e. The fourth-order valence-corrected chi connectivity index (χ4v) is 9.26. The lowest BCUT2D eigenvalue weighted by Crippen LogP contribution is -2.15. The summed E-state index contributed by atoms with van der Waals surface area (Å²) in [6.07, 6.45) is 15.4. The highest BCUT2D eigenvalue weighted by atomic mass is 15.0. The molecule has 1 atom stereocenters. The summed E-state index contributed by atoms with van der Waals surface area (Å²) in [6, 6.07) is 34.3. The van der Waals surface area contributed by atoms with E-state index < -0.39 is 0 Å². The Bertz CT molecular complexity index is 2710. The maximum atomic E-state index is 5.16. The summed E-state index contributed by atoms with van der Waals surface area (Å²) in [5, 5.41) is 2.55. The van der Waals surface area contributed by atoms with Crippen molar-refractivity contribution >= 4 is 39.3 Å². The highest BCUT2D eigenvalue weighted by Gasteiger charge is 2.37. The van der Waals surface area contributed by atoms with Crippen LogP contribution in [0.15, 0.2) is 144 Å². The number of benzene rings is 5. The van der Waals surface area contributed by atoms with Gasteiger partial charge in [-0.3, -0.25) is 4.99 Å². The molecule has 9 rings (SSSR count). The van der Waals surface area contributed by atoms with Gasteiger partial charge in [0.25, 0.3) is 0 Å². The van der Waals surface area contributed by atoms with E-state index in [4.69, 9.17) is 4.99 Å². The van der Waals surface area contributed by atoms with Crippen molar-refractivity contribution in [1.82, 2.24) is 4.57 Å². The largest absolute Gasteiger partial charge is 0.315 e. The molecule has 0 spiro atoms. The minimum absolute atomic E-state index is 0.141. The molecule has 0 fully saturated rings. The van der Waals surface area contributed by atoms with E-state index in [1.165, 1.54) is 99.7 Å². The van der Waals surface area contributed by atoms with Crippen molar-refractivity contribution in [3.05, 3.63) is 178 Å². The molecule has 54 heavy (non-hydrogen) atoms. The molecule has 5 aromatic carbocycles. The molecule has 0 bridgehead atoms. The molecule has 1 unspecified atom stereocenters. The molecule has 3 aliphatic carbocycles. The summed E-state index contributed by atoms with van der Waals surface area (Å²) in [7, 11) is 0. The molecule has 0 radical (unpaired) electrons. The minimum atomic E-state index is -0.141. The zero-order valence-electron chi connectivity index (χ0n) is 32.4. The maximum Gasteiger partial charge on any atom is 0.0639 e. The molecule has 266 valence electrons. The molecule has 0 amide bonds. The first-order valence-corrected chi connectivity index (χ1v) is 19.5. The maximum absolute atomic E-state index is 5.16. The van der Waals surface area contributed by atoms with Gasteiger partial charge in [0.2, 0.25) is 0 Å². The first-order valence-electron chi connectivity index (χ1n) is 19.5. The number of aromatic nitrogens is 1. The average molecular weight is 701 g/mol. The number of hydrogen-bond acceptors (Lipinski definition) is 1. The number of rotatable bonds is 6. The van der Waals surface area contributed by atoms with Gasteiger partial charge in [-0.05, 0) is 131 Å². The number of aliphatic imine (C=N–C) groups is 1. The average Bonchev–Trinajstić information content (AvgIpc) is 3.75. The van der Waals surface area contributed by atoms with Crippen LogP contribution >= 0.6 is 0 Å². The van der Waals surface area contributed by atoms with Crippen LogP contribution < -0.4 is 0 Å². The third-order valence-corrected chi connectivity index (χ3v) is 12.3. The Morgan fingerprint density at radius 1 is 0.833 bits per heavy atom. The number of nitrogens with zero attached hydrogens (tertiary/aromatic N) is 2. The number of aryl methyl sites for hydroxylation is 2. The van der Waals surface area contributed by atoms with E-state index >= 15 is 0 Å². The van der Waals surface area contributed by atoms with Crippen molar-refractivity contribution in [1.29, 1.82) is 0 Å². The van der Waals surface area contributed by atoms with E-state index in [9.17, 15) is 0 Å². The van der Waals surface area contributed by atoms with Crippen LogP contribution in [0.1, 0.15) is 73.1 Å². The molecule has 0 saturated heterocycles. The first-order chi connectivity index (χ1) is 26.1. The summed E-state index contributed by atoms with van der Waals surface area (Å²) >= 11 is 0. The van der Waals surface area contributed by atoms with E-state index in [-0.39, 0.29) is 5.41 Å². The van der Waals surface area contributed by atoms with Gasteiger partial charge in [-0.15, -0.1) is 0 Å². The standard InChI is InChI=1S/C52H48N2/c1-8-14-37-26-38-16-13-19-40(35(5)53-30-36-23-21-32(2)22-24-36)51(38)46(37)31-54-49-20-12-11-18-41(49)45-28-44-43-27-42(39-17-10-9-15-33(39)3)34(4)25-47(43)52(6,7)48(44)29-50(45)54/h8-21,23-25,27-29,31-32H,1,22,26,30H2,2-7H3/b37-14-,46-31+,53-35-. The summed E-state index contributed by atoms with van der Waals surface area (Å²) < 4.78 is 2.46. The number of para-hydroxylation sites is 1. The van der Waals surface area contributed by atoms with Gasteiger partial charge in [0.1, 0.15) is 0 Å². The van der Waals surface area contributed by atoms with Crippen LogP contribution in [0.2, 0.25) is 0 Å². The third kappa shape index (κ3) is 5.42. The van der Waals surface area contributed by atoms with Gasteiger partial charge in [0.15, 0.2) is 0 Å². The second kappa shape index (κ2) is 13.0. The van der Waals surface area contributed by atoms with Crippen LogP contribution in [0, 0.1) is 19.8 Å². The SMILES string of the molecule is C=C/C=C1/Cc2cccc(/C(C)=N\CC3=CCC(C)C=C3)c2/C1=C/n1c2ccccc2c2cc3c(cc21)C(C)(C)c1cc(C)c(-c2ccccc2C)cc1-3. The molecule has 1 heterocycles. The number of allylic oxidation sites excluding steroid dienone is 6. The van der Waals surface area contributed by atoms with Crippen LogP contribution in [-0.4, -0.2) is 16.8 Å². The molecule has 0 saturated carbocycles. The summed E-state index contributed by atoms with van der Waals surface area (Å²) in [5.41, 5.74) is 21.8. The zero-order valence-corrected chi connectivity index (χ0v) is 32.4. The van der Waals surface area contributed by atoms with E-state index in [1.807, 2.05) is 6.08 Å². The van der Waals surface area contributed by atoms with Crippen LogP contribution in [-0.2, 0) is 11.8 Å². The van der Waals surface area contributed by atoms with Crippen molar-refractivity contribution in [2.75, 3.05) is 6.54 Å². The van der Waals surface area contributed by atoms with E-state index in [1.54, 1.807) is 0 Å². The predicted molar refractivity (Wildman–Crippen MR) is 233 cm³/mol. The Labute approximate surface area is 320 Å². The van der Waals surface area contributed by atoms with E-state index in [0.29, 0.717) is 12.5 Å². The van der Waals surface area contributed by atoms with Crippen molar-refractivity contribution in [3.8, 4) is 22.3 Å². The van der Waals surface area contributed by atoms with Crippen molar-refractivity contribution in [2.45, 2.75) is 59.8 Å². The molecular weight excluding hydrogens is 653 g/mol. The minimum Gasteiger partial charge on any atom is -0.315 e. The van der Waals surface area contributed by atoms with Crippen LogP contribution in [0.4, 0.5) is 0 Å². The normalized spacial score (nSPS) is 18.7. The Morgan fingerprint density at radius 2 is 1.61 bits per heavy atom. The van der Waals surface area contributed by atoms with Crippen molar-refractivity contribution in [2.24, 2.45) is 10.9 Å².